The van der Waals surface area contributed by atoms with Crippen molar-refractivity contribution in [2.24, 2.45) is 5.73 Å². The molecule has 2 atom stereocenters. The Kier molecular flexibility index (Phi) is 4.41. The lowest BCUT2D eigenvalue weighted by molar-refractivity contribution is 0.0890. The maximum absolute atomic E-state index is 5.93. The summed E-state index contributed by atoms with van der Waals surface area (Å²) in [5, 5.41) is 0. The summed E-state index contributed by atoms with van der Waals surface area (Å²) in [6.45, 7) is 8.55. The summed E-state index contributed by atoms with van der Waals surface area (Å²) >= 11 is 0. The molecular weight excluding hydrogens is 220 g/mol. The van der Waals surface area contributed by atoms with Gasteiger partial charge < -0.3 is 5.73 Å². The molecule has 0 spiro atoms. The highest BCUT2D eigenvalue weighted by atomic mass is 15.2. The molecule has 2 heteroatoms. The van der Waals surface area contributed by atoms with Crippen LogP contribution in [0, 0.1) is 13.8 Å². The number of hydrogen-bond donors (Lipinski definition) is 1. The average Bonchev–Trinajstić information content (AvgIpc) is 2.34. The molecule has 1 aromatic rings. The fourth-order valence-corrected chi connectivity index (χ4v) is 3.10. The second-order valence-electron chi connectivity index (χ2n) is 5.77. The van der Waals surface area contributed by atoms with E-state index in [9.17, 15) is 0 Å². The zero-order valence-electron chi connectivity index (χ0n) is 11.9. The molecule has 1 aliphatic rings. The summed E-state index contributed by atoms with van der Waals surface area (Å²) in [5.74, 6) is 0. The highest BCUT2D eigenvalue weighted by molar-refractivity contribution is 5.30. The van der Waals surface area contributed by atoms with Gasteiger partial charge >= 0.3 is 0 Å². The van der Waals surface area contributed by atoms with E-state index in [1.54, 1.807) is 0 Å². The third kappa shape index (κ3) is 2.93. The molecule has 0 bridgehead atoms. The predicted octanol–water partition coefficient (Wildman–Crippen LogP) is 3.01. The summed E-state index contributed by atoms with van der Waals surface area (Å²) in [6.07, 6.45) is 3.89. The van der Waals surface area contributed by atoms with E-state index in [4.69, 9.17) is 5.73 Å². The first-order valence-electron chi connectivity index (χ1n) is 7.13. The van der Waals surface area contributed by atoms with Gasteiger partial charge in [0.25, 0.3) is 0 Å². The molecule has 0 radical (unpaired) electrons. The third-order valence-electron chi connectivity index (χ3n) is 4.32. The van der Waals surface area contributed by atoms with Crippen molar-refractivity contribution in [1.82, 2.24) is 4.90 Å². The number of rotatable bonds is 3. The summed E-state index contributed by atoms with van der Waals surface area (Å²) in [7, 11) is 0. The Labute approximate surface area is 111 Å². The summed E-state index contributed by atoms with van der Waals surface area (Å²) in [4.78, 5) is 2.60. The maximum atomic E-state index is 5.93. The lowest BCUT2D eigenvalue weighted by Gasteiger charge is -2.40. The van der Waals surface area contributed by atoms with Crippen molar-refractivity contribution in [3.05, 3.63) is 34.9 Å². The van der Waals surface area contributed by atoms with Crippen LogP contribution in [0.15, 0.2) is 18.2 Å². The molecule has 100 valence electrons. The first-order valence-corrected chi connectivity index (χ1v) is 7.13. The molecular formula is C16H26N2. The van der Waals surface area contributed by atoms with E-state index in [0.717, 1.165) is 13.1 Å². The number of benzene rings is 1. The highest BCUT2D eigenvalue weighted by Gasteiger charge is 2.26. The molecule has 1 fully saturated rings. The van der Waals surface area contributed by atoms with Gasteiger partial charge in [0, 0.05) is 25.2 Å². The topological polar surface area (TPSA) is 29.3 Å². The third-order valence-corrected chi connectivity index (χ3v) is 4.32. The van der Waals surface area contributed by atoms with E-state index in [-0.39, 0.29) is 0 Å². The molecule has 0 aliphatic carbocycles. The van der Waals surface area contributed by atoms with Crippen LogP contribution in [0.4, 0.5) is 0 Å². The Morgan fingerprint density at radius 1 is 1.28 bits per heavy atom. The standard InChI is InChI=1S/C16H26N2/c1-12-7-8-15(13(2)9-12)11-18-14(3)5-4-6-16(18)10-17/h7-9,14,16H,4-6,10-11,17H2,1-3H3. The molecule has 2 N–H and O–H groups in total. The minimum Gasteiger partial charge on any atom is -0.329 e. The van der Waals surface area contributed by atoms with Gasteiger partial charge in [0.1, 0.15) is 0 Å². The lowest BCUT2D eigenvalue weighted by Crippen LogP contribution is -2.48. The molecule has 1 aromatic carbocycles. The van der Waals surface area contributed by atoms with Gasteiger partial charge in [-0.15, -0.1) is 0 Å². The molecule has 0 saturated carbocycles. The summed E-state index contributed by atoms with van der Waals surface area (Å²) in [5.41, 5.74) is 10.1. The summed E-state index contributed by atoms with van der Waals surface area (Å²) in [6, 6.07) is 8.00. The Balaban J connectivity index is 2.15. The SMILES string of the molecule is Cc1ccc(CN2C(C)CCCC2CN)c(C)c1. The van der Waals surface area contributed by atoms with Crippen molar-refractivity contribution in [3.63, 3.8) is 0 Å². The Morgan fingerprint density at radius 3 is 2.72 bits per heavy atom. The van der Waals surface area contributed by atoms with Crippen LogP contribution in [0.25, 0.3) is 0 Å². The number of hydrogen-bond acceptors (Lipinski definition) is 2. The van der Waals surface area contributed by atoms with Gasteiger partial charge in [-0.05, 0) is 44.7 Å². The molecule has 2 rings (SSSR count). The van der Waals surface area contributed by atoms with Crippen LogP contribution in [-0.4, -0.2) is 23.5 Å². The molecule has 2 nitrogen and oxygen atoms in total. The fraction of sp³-hybridized carbons (Fsp3) is 0.625. The fourth-order valence-electron chi connectivity index (χ4n) is 3.10. The van der Waals surface area contributed by atoms with Crippen LogP contribution >= 0.6 is 0 Å². The minimum atomic E-state index is 0.564. The largest absolute Gasteiger partial charge is 0.329 e. The molecule has 1 saturated heterocycles. The van der Waals surface area contributed by atoms with Gasteiger partial charge in [0.05, 0.1) is 0 Å². The van der Waals surface area contributed by atoms with Crippen molar-refractivity contribution in [2.75, 3.05) is 6.54 Å². The van der Waals surface area contributed by atoms with Crippen LogP contribution in [0.1, 0.15) is 42.9 Å². The first-order chi connectivity index (χ1) is 8.61. The number of nitrogens with two attached hydrogens (primary N) is 1. The second-order valence-corrected chi connectivity index (χ2v) is 5.77. The van der Waals surface area contributed by atoms with Crippen LogP contribution < -0.4 is 5.73 Å². The number of likely N-dealkylation sites (tertiary alicyclic amines) is 1. The molecule has 18 heavy (non-hydrogen) atoms. The minimum absolute atomic E-state index is 0.564. The maximum Gasteiger partial charge on any atom is 0.0242 e. The van der Waals surface area contributed by atoms with E-state index >= 15 is 0 Å². The van der Waals surface area contributed by atoms with Gasteiger partial charge in [-0.3, -0.25) is 4.90 Å². The normalized spacial score (nSPS) is 25.3. The molecule has 2 unspecified atom stereocenters. The van der Waals surface area contributed by atoms with Crippen LogP contribution in [-0.2, 0) is 6.54 Å². The first kappa shape index (κ1) is 13.6. The Hall–Kier alpha value is -0.860. The molecule has 0 amide bonds. The quantitative estimate of drug-likeness (QED) is 0.888. The van der Waals surface area contributed by atoms with Gasteiger partial charge in [-0.25, -0.2) is 0 Å². The average molecular weight is 246 g/mol. The zero-order chi connectivity index (χ0) is 13.1. The zero-order valence-corrected chi connectivity index (χ0v) is 11.9. The van der Waals surface area contributed by atoms with Crippen LogP contribution in [0.3, 0.4) is 0 Å². The monoisotopic (exact) mass is 246 g/mol. The second kappa shape index (κ2) is 5.85. The van der Waals surface area contributed by atoms with Gasteiger partial charge in [0.15, 0.2) is 0 Å². The van der Waals surface area contributed by atoms with Crippen molar-refractivity contribution in [1.29, 1.82) is 0 Å². The highest BCUT2D eigenvalue weighted by Crippen LogP contribution is 2.25. The van der Waals surface area contributed by atoms with Gasteiger partial charge in [-0.2, -0.15) is 0 Å². The van der Waals surface area contributed by atoms with Crippen LogP contribution in [0.2, 0.25) is 0 Å². The molecule has 1 heterocycles. The van der Waals surface area contributed by atoms with E-state index in [1.807, 2.05) is 0 Å². The number of nitrogens with zero attached hydrogens (tertiary/aromatic N) is 1. The van der Waals surface area contributed by atoms with E-state index < -0.39 is 0 Å². The Bertz CT molecular complexity index is 400. The summed E-state index contributed by atoms with van der Waals surface area (Å²) < 4.78 is 0. The number of aryl methyl sites for hydroxylation is 2. The lowest BCUT2D eigenvalue weighted by atomic mass is 9.94. The predicted molar refractivity (Wildman–Crippen MR) is 77.6 cm³/mol. The van der Waals surface area contributed by atoms with E-state index in [1.165, 1.54) is 36.0 Å². The molecule has 0 aromatic heterocycles. The van der Waals surface area contributed by atoms with Gasteiger partial charge in [0.2, 0.25) is 0 Å². The van der Waals surface area contributed by atoms with Gasteiger partial charge in [-0.1, -0.05) is 30.2 Å². The Morgan fingerprint density at radius 2 is 2.06 bits per heavy atom. The van der Waals surface area contributed by atoms with Crippen molar-refractivity contribution in [2.45, 2.75) is 58.7 Å². The van der Waals surface area contributed by atoms with Crippen molar-refractivity contribution in [3.8, 4) is 0 Å². The molecule has 1 aliphatic heterocycles. The van der Waals surface area contributed by atoms with Crippen molar-refractivity contribution < 1.29 is 0 Å². The van der Waals surface area contributed by atoms with E-state index in [0.29, 0.717) is 12.1 Å². The smallest absolute Gasteiger partial charge is 0.0242 e. The van der Waals surface area contributed by atoms with E-state index in [2.05, 4.69) is 43.9 Å². The van der Waals surface area contributed by atoms with Crippen LogP contribution in [0.5, 0.6) is 0 Å². The van der Waals surface area contributed by atoms with Crippen molar-refractivity contribution >= 4 is 0 Å². The number of piperidine rings is 1.